The third-order valence-corrected chi connectivity index (χ3v) is 3.95. The predicted octanol–water partition coefficient (Wildman–Crippen LogP) is 2.41. The number of morpholine rings is 1. The molecule has 0 aliphatic carbocycles. The minimum absolute atomic E-state index is 0.0310. The second kappa shape index (κ2) is 9.74. The standard InChI is InChI=1S/C20H24N2O5/c1-14(2)10-19(23)27-17-5-4-15(12-18(17)25-3)11-16(13-21)20(24)22-6-8-26-9-7-22/h4-5,11-12,14H,6-10H2,1-3H3/b16-11+. The van der Waals surface area contributed by atoms with Gasteiger partial charge in [0.1, 0.15) is 11.6 Å². The average molecular weight is 372 g/mol. The molecule has 0 unspecified atom stereocenters. The van der Waals surface area contributed by atoms with Gasteiger partial charge in [-0.25, -0.2) is 0 Å². The topological polar surface area (TPSA) is 88.9 Å². The number of benzene rings is 1. The molecule has 1 fully saturated rings. The van der Waals surface area contributed by atoms with Crippen molar-refractivity contribution < 1.29 is 23.8 Å². The number of carbonyl (C=O) groups is 2. The molecule has 0 atom stereocenters. The van der Waals surface area contributed by atoms with E-state index in [0.717, 1.165) is 0 Å². The van der Waals surface area contributed by atoms with Gasteiger partial charge in [-0.2, -0.15) is 5.26 Å². The molecule has 0 radical (unpaired) electrons. The normalized spacial score (nSPS) is 14.6. The summed E-state index contributed by atoms with van der Waals surface area (Å²) in [5.74, 6) is 0.185. The maximum atomic E-state index is 12.5. The van der Waals surface area contributed by atoms with E-state index in [9.17, 15) is 14.9 Å². The zero-order chi connectivity index (χ0) is 19.8. The molecule has 0 N–H and O–H groups in total. The van der Waals surface area contributed by atoms with Gasteiger partial charge in [-0.3, -0.25) is 9.59 Å². The molecule has 7 heteroatoms. The van der Waals surface area contributed by atoms with Crippen LogP contribution in [0.4, 0.5) is 0 Å². The Labute approximate surface area is 159 Å². The highest BCUT2D eigenvalue weighted by Gasteiger charge is 2.21. The highest BCUT2D eigenvalue weighted by Crippen LogP contribution is 2.29. The molecule has 144 valence electrons. The van der Waals surface area contributed by atoms with Crippen molar-refractivity contribution in [2.24, 2.45) is 5.92 Å². The minimum atomic E-state index is -0.341. The van der Waals surface area contributed by atoms with Gasteiger partial charge in [0.05, 0.1) is 20.3 Å². The van der Waals surface area contributed by atoms with Gasteiger partial charge >= 0.3 is 5.97 Å². The number of nitrogens with zero attached hydrogens (tertiary/aromatic N) is 2. The summed E-state index contributed by atoms with van der Waals surface area (Å²) in [5.41, 5.74) is 0.636. The molecule has 0 spiro atoms. The molecule has 0 bridgehead atoms. The van der Waals surface area contributed by atoms with Gasteiger partial charge in [-0.05, 0) is 29.7 Å². The van der Waals surface area contributed by atoms with Crippen LogP contribution in [0.5, 0.6) is 11.5 Å². The molecule has 1 amide bonds. The van der Waals surface area contributed by atoms with E-state index in [1.165, 1.54) is 13.2 Å². The van der Waals surface area contributed by atoms with Crippen LogP contribution < -0.4 is 9.47 Å². The van der Waals surface area contributed by atoms with E-state index in [1.54, 1.807) is 23.1 Å². The van der Waals surface area contributed by atoms with Crippen molar-refractivity contribution in [2.75, 3.05) is 33.4 Å². The largest absolute Gasteiger partial charge is 0.493 e. The SMILES string of the molecule is COc1cc(/C=C(\C#N)C(=O)N2CCOCC2)ccc1OC(=O)CC(C)C. The average Bonchev–Trinajstić information content (AvgIpc) is 2.66. The van der Waals surface area contributed by atoms with Crippen molar-refractivity contribution in [3.05, 3.63) is 29.3 Å². The molecular formula is C20H24N2O5. The van der Waals surface area contributed by atoms with Crippen LogP contribution in [0.1, 0.15) is 25.8 Å². The van der Waals surface area contributed by atoms with Crippen molar-refractivity contribution in [2.45, 2.75) is 20.3 Å². The number of hydrogen-bond donors (Lipinski definition) is 0. The number of methoxy groups -OCH3 is 1. The molecule has 7 nitrogen and oxygen atoms in total. The van der Waals surface area contributed by atoms with E-state index < -0.39 is 0 Å². The summed E-state index contributed by atoms with van der Waals surface area (Å²) < 4.78 is 15.8. The van der Waals surface area contributed by atoms with E-state index in [4.69, 9.17) is 14.2 Å². The van der Waals surface area contributed by atoms with Crippen molar-refractivity contribution in [1.29, 1.82) is 5.26 Å². The fraction of sp³-hybridized carbons (Fsp3) is 0.450. The first-order chi connectivity index (χ1) is 12.9. The number of carbonyl (C=O) groups excluding carboxylic acids is 2. The quantitative estimate of drug-likeness (QED) is 0.330. The first-order valence-corrected chi connectivity index (χ1v) is 8.82. The Morgan fingerprint density at radius 1 is 1.30 bits per heavy atom. The van der Waals surface area contributed by atoms with E-state index in [1.807, 2.05) is 19.9 Å². The molecule has 2 rings (SSSR count). The van der Waals surface area contributed by atoms with Crippen molar-refractivity contribution >= 4 is 18.0 Å². The second-order valence-electron chi connectivity index (χ2n) is 6.56. The highest BCUT2D eigenvalue weighted by atomic mass is 16.6. The maximum Gasteiger partial charge on any atom is 0.311 e. The number of esters is 1. The van der Waals surface area contributed by atoms with Crippen LogP contribution in [0.2, 0.25) is 0 Å². The third-order valence-electron chi connectivity index (χ3n) is 3.95. The van der Waals surface area contributed by atoms with E-state index in [0.29, 0.717) is 49.8 Å². The van der Waals surface area contributed by atoms with E-state index >= 15 is 0 Å². The molecule has 1 aromatic rings. The molecule has 1 saturated heterocycles. The number of rotatable bonds is 6. The monoisotopic (exact) mass is 372 g/mol. The number of hydrogen-bond acceptors (Lipinski definition) is 6. The molecule has 1 heterocycles. The van der Waals surface area contributed by atoms with Gasteiger partial charge in [0.2, 0.25) is 0 Å². The summed E-state index contributed by atoms with van der Waals surface area (Å²) >= 11 is 0. The lowest BCUT2D eigenvalue weighted by molar-refractivity contribution is -0.135. The fourth-order valence-corrected chi connectivity index (χ4v) is 2.60. The lowest BCUT2D eigenvalue weighted by Crippen LogP contribution is -2.41. The van der Waals surface area contributed by atoms with Crippen LogP contribution in [0, 0.1) is 17.2 Å². The Morgan fingerprint density at radius 3 is 2.59 bits per heavy atom. The maximum absolute atomic E-state index is 12.5. The van der Waals surface area contributed by atoms with Crippen LogP contribution in [-0.4, -0.2) is 50.2 Å². The van der Waals surface area contributed by atoms with E-state index in [-0.39, 0.29) is 23.4 Å². The van der Waals surface area contributed by atoms with E-state index in [2.05, 4.69) is 0 Å². The summed E-state index contributed by atoms with van der Waals surface area (Å²) in [6.45, 7) is 5.73. The Balaban J connectivity index is 2.19. The van der Waals surface area contributed by atoms with Crippen LogP contribution in [0.3, 0.4) is 0 Å². The highest BCUT2D eigenvalue weighted by molar-refractivity contribution is 6.01. The molecule has 1 aliphatic heterocycles. The Hall–Kier alpha value is -2.85. The Bertz CT molecular complexity index is 758. The molecule has 1 aromatic carbocycles. The van der Waals surface area contributed by atoms with Gasteiger partial charge < -0.3 is 19.1 Å². The van der Waals surface area contributed by atoms with Crippen molar-refractivity contribution in [3.63, 3.8) is 0 Å². The first kappa shape index (κ1) is 20.5. The summed E-state index contributed by atoms with van der Waals surface area (Å²) in [4.78, 5) is 25.9. The number of nitriles is 1. The summed E-state index contributed by atoms with van der Waals surface area (Å²) in [7, 11) is 1.46. The van der Waals surface area contributed by atoms with Crippen LogP contribution in [0.15, 0.2) is 23.8 Å². The molecule has 1 aliphatic rings. The van der Waals surface area contributed by atoms with Crippen molar-refractivity contribution in [1.82, 2.24) is 4.90 Å². The zero-order valence-electron chi connectivity index (χ0n) is 15.9. The number of amides is 1. The summed E-state index contributed by atoms with van der Waals surface area (Å²) in [6, 6.07) is 6.85. The molecule has 0 saturated carbocycles. The van der Waals surface area contributed by atoms with Gasteiger partial charge in [0.15, 0.2) is 11.5 Å². The van der Waals surface area contributed by atoms with Gasteiger partial charge in [0.25, 0.3) is 5.91 Å². The van der Waals surface area contributed by atoms with Gasteiger partial charge in [-0.15, -0.1) is 0 Å². The fourth-order valence-electron chi connectivity index (χ4n) is 2.60. The van der Waals surface area contributed by atoms with Gasteiger partial charge in [-0.1, -0.05) is 19.9 Å². The van der Waals surface area contributed by atoms with Crippen LogP contribution in [0.25, 0.3) is 6.08 Å². The third kappa shape index (κ3) is 5.83. The zero-order valence-corrected chi connectivity index (χ0v) is 15.9. The van der Waals surface area contributed by atoms with Crippen LogP contribution in [-0.2, 0) is 14.3 Å². The lowest BCUT2D eigenvalue weighted by Gasteiger charge is -2.26. The van der Waals surface area contributed by atoms with Crippen molar-refractivity contribution in [3.8, 4) is 17.6 Å². The van der Waals surface area contributed by atoms with Gasteiger partial charge in [0, 0.05) is 19.5 Å². The Kier molecular flexibility index (Phi) is 7.38. The smallest absolute Gasteiger partial charge is 0.311 e. The molecule has 0 aromatic heterocycles. The lowest BCUT2D eigenvalue weighted by atomic mass is 10.1. The Morgan fingerprint density at radius 2 is 2.00 bits per heavy atom. The summed E-state index contributed by atoms with van der Waals surface area (Å²) in [6.07, 6.45) is 1.80. The number of ether oxygens (including phenoxy) is 3. The minimum Gasteiger partial charge on any atom is -0.493 e. The second-order valence-corrected chi connectivity index (χ2v) is 6.56. The molecule has 27 heavy (non-hydrogen) atoms. The first-order valence-electron chi connectivity index (χ1n) is 8.82. The molecular weight excluding hydrogens is 348 g/mol. The summed E-state index contributed by atoms with van der Waals surface area (Å²) in [5, 5.41) is 9.37. The predicted molar refractivity (Wildman–Crippen MR) is 99.1 cm³/mol. The van der Waals surface area contributed by atoms with Crippen LogP contribution >= 0.6 is 0 Å².